The van der Waals surface area contributed by atoms with E-state index in [1.54, 1.807) is 16.8 Å². The summed E-state index contributed by atoms with van der Waals surface area (Å²) in [6.45, 7) is 3.37. The van der Waals surface area contributed by atoms with E-state index in [-0.39, 0.29) is 42.0 Å². The summed E-state index contributed by atoms with van der Waals surface area (Å²) in [5.41, 5.74) is 0.380. The van der Waals surface area contributed by atoms with Crippen molar-refractivity contribution >= 4 is 23.4 Å². The third-order valence-corrected chi connectivity index (χ3v) is 7.32. The van der Waals surface area contributed by atoms with E-state index in [1.807, 2.05) is 6.92 Å². The Labute approximate surface area is 191 Å². The van der Waals surface area contributed by atoms with E-state index in [2.05, 4.69) is 0 Å². The van der Waals surface area contributed by atoms with Crippen LogP contribution in [0.4, 0.5) is 18.9 Å². The van der Waals surface area contributed by atoms with Crippen LogP contribution in [-0.2, 0) is 27.0 Å². The molecule has 0 N–H and O–H groups in total. The smallest absolute Gasteiger partial charge is 0.342 e. The van der Waals surface area contributed by atoms with Crippen LogP contribution in [0.3, 0.4) is 0 Å². The van der Waals surface area contributed by atoms with E-state index in [9.17, 15) is 27.6 Å². The Morgan fingerprint density at radius 1 is 1.09 bits per heavy atom. The Kier molecular flexibility index (Phi) is 6.42. The number of nitrogens with zero attached hydrogens (tertiary/aromatic N) is 3. The second-order valence-corrected chi connectivity index (χ2v) is 9.69. The first-order valence-electron chi connectivity index (χ1n) is 11.6. The van der Waals surface area contributed by atoms with Gasteiger partial charge in [0.25, 0.3) is 0 Å². The standard InChI is InChI=1S/C24H30F3N3O3/c1-15-11-18-7-8-19(24(25,26)27)12-20(18)30(22(15)32)13-16-3-5-17(6-4-16)23(33)29-10-9-28(2)21(31)14-29/h7-8,12,15-17H,3-6,9-11,13-14H2,1-2H3/t15-,16?,17?/m1/s1. The SMILES string of the molecule is C[C@@H]1Cc2ccc(C(F)(F)F)cc2N(CC2CCC(C(=O)N3CCN(C)C(=O)C3)CC2)C1=O. The number of alkyl halides is 3. The van der Waals surface area contributed by atoms with E-state index in [0.717, 1.165) is 30.5 Å². The van der Waals surface area contributed by atoms with E-state index in [4.69, 9.17) is 0 Å². The number of fused-ring (bicyclic) bond motifs is 1. The molecule has 2 heterocycles. The normalized spacial score (nSPS) is 26.5. The fourth-order valence-corrected chi connectivity index (χ4v) is 5.21. The van der Waals surface area contributed by atoms with Crippen LogP contribution in [0.15, 0.2) is 18.2 Å². The first-order valence-corrected chi connectivity index (χ1v) is 11.6. The lowest BCUT2D eigenvalue weighted by Gasteiger charge is -2.39. The van der Waals surface area contributed by atoms with Gasteiger partial charge in [-0.05, 0) is 55.7 Å². The minimum atomic E-state index is -4.46. The summed E-state index contributed by atoms with van der Waals surface area (Å²) < 4.78 is 39.8. The van der Waals surface area contributed by atoms with Gasteiger partial charge in [-0.25, -0.2) is 0 Å². The number of hydrogen-bond acceptors (Lipinski definition) is 3. The molecule has 0 bridgehead atoms. The van der Waals surface area contributed by atoms with Gasteiger partial charge < -0.3 is 14.7 Å². The van der Waals surface area contributed by atoms with Gasteiger partial charge in [0.05, 0.1) is 12.1 Å². The molecule has 2 aliphatic heterocycles. The van der Waals surface area contributed by atoms with Crippen LogP contribution < -0.4 is 4.90 Å². The Hall–Kier alpha value is -2.58. The molecule has 0 radical (unpaired) electrons. The van der Waals surface area contributed by atoms with Gasteiger partial charge in [-0.1, -0.05) is 13.0 Å². The molecule has 33 heavy (non-hydrogen) atoms. The maximum Gasteiger partial charge on any atom is 0.416 e. The Bertz CT molecular complexity index is 941. The summed E-state index contributed by atoms with van der Waals surface area (Å²) >= 11 is 0. The number of halogens is 3. The predicted molar refractivity (Wildman–Crippen MR) is 116 cm³/mol. The molecule has 4 rings (SSSR count). The van der Waals surface area contributed by atoms with Crippen LogP contribution in [-0.4, -0.2) is 60.7 Å². The lowest BCUT2D eigenvalue weighted by atomic mass is 9.80. The molecule has 180 valence electrons. The molecule has 2 fully saturated rings. The molecular formula is C24H30F3N3O3. The molecule has 1 aromatic rings. The van der Waals surface area contributed by atoms with Crippen molar-refractivity contribution in [3.63, 3.8) is 0 Å². The second-order valence-electron chi connectivity index (χ2n) is 9.69. The maximum atomic E-state index is 13.3. The van der Waals surface area contributed by atoms with Crippen molar-refractivity contribution in [2.45, 2.75) is 45.2 Å². The summed E-state index contributed by atoms with van der Waals surface area (Å²) in [7, 11) is 1.73. The molecule has 6 nitrogen and oxygen atoms in total. The molecule has 0 unspecified atom stereocenters. The molecule has 1 saturated carbocycles. The van der Waals surface area contributed by atoms with Gasteiger partial charge >= 0.3 is 6.18 Å². The molecule has 1 atom stereocenters. The van der Waals surface area contributed by atoms with Crippen LogP contribution in [0, 0.1) is 17.8 Å². The van der Waals surface area contributed by atoms with Crippen molar-refractivity contribution in [1.82, 2.24) is 9.80 Å². The number of rotatable bonds is 3. The zero-order valence-corrected chi connectivity index (χ0v) is 19.0. The number of carbonyl (C=O) groups is 3. The van der Waals surface area contributed by atoms with Crippen molar-refractivity contribution in [2.24, 2.45) is 17.8 Å². The second kappa shape index (κ2) is 8.99. The Balaban J connectivity index is 1.41. The molecular weight excluding hydrogens is 435 g/mol. The monoisotopic (exact) mass is 465 g/mol. The summed E-state index contributed by atoms with van der Waals surface area (Å²) in [6.07, 6.45) is -1.24. The summed E-state index contributed by atoms with van der Waals surface area (Å²) in [5.74, 6) is -0.481. The highest BCUT2D eigenvalue weighted by Crippen LogP contribution is 2.39. The maximum absolute atomic E-state index is 13.3. The number of benzene rings is 1. The van der Waals surface area contributed by atoms with Crippen LogP contribution in [0.1, 0.15) is 43.7 Å². The quantitative estimate of drug-likeness (QED) is 0.688. The minimum Gasteiger partial charge on any atom is -0.342 e. The summed E-state index contributed by atoms with van der Waals surface area (Å²) in [6, 6.07) is 3.67. The largest absolute Gasteiger partial charge is 0.416 e. The van der Waals surface area contributed by atoms with Crippen molar-refractivity contribution in [2.75, 3.05) is 38.1 Å². The highest BCUT2D eigenvalue weighted by atomic mass is 19.4. The first-order chi connectivity index (χ1) is 15.5. The van der Waals surface area contributed by atoms with Crippen molar-refractivity contribution in [3.8, 4) is 0 Å². The molecule has 9 heteroatoms. The van der Waals surface area contributed by atoms with Gasteiger partial charge in [-0.3, -0.25) is 14.4 Å². The topological polar surface area (TPSA) is 60.9 Å². The summed E-state index contributed by atoms with van der Waals surface area (Å²) in [5, 5.41) is 0. The zero-order chi connectivity index (χ0) is 23.9. The fraction of sp³-hybridized carbons (Fsp3) is 0.625. The third-order valence-electron chi connectivity index (χ3n) is 7.32. The van der Waals surface area contributed by atoms with Crippen molar-refractivity contribution < 1.29 is 27.6 Å². The lowest BCUT2D eigenvalue weighted by molar-refractivity contribution is -0.147. The number of piperazine rings is 1. The van der Waals surface area contributed by atoms with Gasteiger partial charge in [0.15, 0.2) is 0 Å². The Morgan fingerprint density at radius 2 is 1.79 bits per heavy atom. The minimum absolute atomic E-state index is 0.0118. The number of amides is 3. The predicted octanol–water partition coefficient (Wildman–Crippen LogP) is 3.34. The third kappa shape index (κ3) is 4.87. The number of likely N-dealkylation sites (N-methyl/N-ethyl adjacent to an activating group) is 1. The summed E-state index contributed by atoms with van der Waals surface area (Å²) in [4.78, 5) is 42.5. The van der Waals surface area contributed by atoms with E-state index >= 15 is 0 Å². The van der Waals surface area contributed by atoms with E-state index < -0.39 is 11.7 Å². The van der Waals surface area contributed by atoms with Gasteiger partial charge in [0.2, 0.25) is 17.7 Å². The van der Waals surface area contributed by atoms with Crippen LogP contribution in [0.2, 0.25) is 0 Å². The van der Waals surface area contributed by atoms with Crippen molar-refractivity contribution in [3.05, 3.63) is 29.3 Å². The van der Waals surface area contributed by atoms with Crippen LogP contribution >= 0.6 is 0 Å². The van der Waals surface area contributed by atoms with E-state index in [1.165, 1.54) is 11.0 Å². The highest BCUT2D eigenvalue weighted by Gasteiger charge is 2.38. The molecule has 3 amide bonds. The van der Waals surface area contributed by atoms with Crippen LogP contribution in [0.25, 0.3) is 0 Å². The average Bonchev–Trinajstić information content (AvgIpc) is 2.78. The molecule has 0 aromatic heterocycles. The van der Waals surface area contributed by atoms with Crippen molar-refractivity contribution in [1.29, 1.82) is 0 Å². The number of hydrogen-bond donors (Lipinski definition) is 0. The van der Waals surface area contributed by atoms with Gasteiger partial charge in [0, 0.05) is 44.2 Å². The van der Waals surface area contributed by atoms with Gasteiger partial charge in [-0.15, -0.1) is 0 Å². The van der Waals surface area contributed by atoms with E-state index in [0.29, 0.717) is 44.6 Å². The molecule has 1 saturated heterocycles. The molecule has 1 aromatic carbocycles. The lowest BCUT2D eigenvalue weighted by Crippen LogP contribution is -2.52. The number of anilines is 1. The number of carbonyl (C=O) groups excluding carboxylic acids is 3. The molecule has 1 aliphatic carbocycles. The first kappa shape index (κ1) is 23.6. The fourth-order valence-electron chi connectivity index (χ4n) is 5.21. The average molecular weight is 466 g/mol. The molecule has 3 aliphatic rings. The Morgan fingerprint density at radius 3 is 2.42 bits per heavy atom. The van der Waals surface area contributed by atoms with Crippen LogP contribution in [0.5, 0.6) is 0 Å². The highest BCUT2D eigenvalue weighted by molar-refractivity contribution is 5.98. The zero-order valence-electron chi connectivity index (χ0n) is 19.0. The van der Waals surface area contributed by atoms with Gasteiger partial charge in [-0.2, -0.15) is 13.2 Å². The molecule has 0 spiro atoms. The van der Waals surface area contributed by atoms with Gasteiger partial charge in [0.1, 0.15) is 0 Å².